The first-order valence-electron chi connectivity index (χ1n) is 11.7. The number of sulfonamides is 1. The van der Waals surface area contributed by atoms with Crippen LogP contribution in [0.15, 0.2) is 47.4 Å². The molecule has 0 bridgehead atoms. The average Bonchev–Trinajstić information content (AvgIpc) is 2.80. The van der Waals surface area contributed by atoms with Crippen LogP contribution in [-0.2, 0) is 14.8 Å². The van der Waals surface area contributed by atoms with Gasteiger partial charge in [-0.25, -0.2) is 8.42 Å². The summed E-state index contributed by atoms with van der Waals surface area (Å²) < 4.78 is 27.3. The predicted octanol–water partition coefficient (Wildman–Crippen LogP) is 3.09. The standard InChI is InChI=1S/C25H34N4O3S/c1-19-4-7-23(8-5-19)33(31,32)29-12-10-21(11-13-29)25(30)26-22-6-9-24(20(2)18-22)28-16-14-27(3)15-17-28/h4-9,18,21H,10-17H2,1-3H3,(H,26,30). The van der Waals surface area contributed by atoms with Crippen molar-refractivity contribution in [1.29, 1.82) is 0 Å². The van der Waals surface area contributed by atoms with Crippen LogP contribution in [0.4, 0.5) is 11.4 Å². The Labute approximate surface area is 197 Å². The smallest absolute Gasteiger partial charge is 0.243 e. The number of carbonyl (C=O) groups is 1. The van der Waals surface area contributed by atoms with Gasteiger partial charge in [0.15, 0.2) is 0 Å². The van der Waals surface area contributed by atoms with Crippen molar-refractivity contribution in [3.05, 3.63) is 53.6 Å². The second-order valence-electron chi connectivity index (χ2n) is 9.27. The Kier molecular flexibility index (Phi) is 7.07. The van der Waals surface area contributed by atoms with Gasteiger partial charge in [0.2, 0.25) is 15.9 Å². The zero-order valence-corrected chi connectivity index (χ0v) is 20.6. The summed E-state index contributed by atoms with van der Waals surface area (Å²) in [5, 5.41) is 3.05. The van der Waals surface area contributed by atoms with E-state index in [0.29, 0.717) is 30.8 Å². The van der Waals surface area contributed by atoms with Gasteiger partial charge in [0.25, 0.3) is 0 Å². The van der Waals surface area contributed by atoms with Crippen LogP contribution < -0.4 is 10.2 Å². The number of hydrogen-bond acceptors (Lipinski definition) is 5. The molecule has 0 saturated carbocycles. The topological polar surface area (TPSA) is 73.0 Å². The van der Waals surface area contributed by atoms with Gasteiger partial charge < -0.3 is 15.1 Å². The van der Waals surface area contributed by atoms with Crippen LogP contribution in [-0.4, -0.2) is 69.8 Å². The number of anilines is 2. The van der Waals surface area contributed by atoms with Crippen molar-refractivity contribution in [2.75, 3.05) is 56.5 Å². The molecule has 0 aliphatic carbocycles. The lowest BCUT2D eigenvalue weighted by Gasteiger charge is -2.35. The van der Waals surface area contributed by atoms with E-state index in [1.54, 1.807) is 12.1 Å². The van der Waals surface area contributed by atoms with E-state index >= 15 is 0 Å². The largest absolute Gasteiger partial charge is 0.369 e. The van der Waals surface area contributed by atoms with Crippen LogP contribution >= 0.6 is 0 Å². The number of rotatable bonds is 5. The molecule has 2 aliphatic heterocycles. The van der Waals surface area contributed by atoms with Crippen molar-refractivity contribution in [2.24, 2.45) is 5.92 Å². The molecule has 4 rings (SSSR count). The molecule has 0 unspecified atom stereocenters. The molecule has 7 nitrogen and oxygen atoms in total. The lowest BCUT2D eigenvalue weighted by Crippen LogP contribution is -2.44. The summed E-state index contributed by atoms with van der Waals surface area (Å²) in [4.78, 5) is 17.9. The summed E-state index contributed by atoms with van der Waals surface area (Å²) in [6.07, 6.45) is 1.05. The van der Waals surface area contributed by atoms with Crippen LogP contribution in [0.3, 0.4) is 0 Å². The first-order chi connectivity index (χ1) is 15.7. The molecule has 2 fully saturated rings. The predicted molar refractivity (Wildman–Crippen MR) is 132 cm³/mol. The van der Waals surface area contributed by atoms with Crippen LogP contribution in [0.1, 0.15) is 24.0 Å². The summed E-state index contributed by atoms with van der Waals surface area (Å²) in [5.74, 6) is -0.221. The quantitative estimate of drug-likeness (QED) is 0.727. The van der Waals surface area contributed by atoms with E-state index < -0.39 is 10.0 Å². The van der Waals surface area contributed by atoms with Gasteiger partial charge in [-0.15, -0.1) is 0 Å². The van der Waals surface area contributed by atoms with Gasteiger partial charge in [-0.2, -0.15) is 4.31 Å². The van der Waals surface area contributed by atoms with E-state index in [0.717, 1.165) is 43.0 Å². The molecule has 2 heterocycles. The number of aryl methyl sites for hydroxylation is 2. The van der Waals surface area contributed by atoms with Crippen molar-refractivity contribution < 1.29 is 13.2 Å². The number of likely N-dealkylation sites (N-methyl/N-ethyl adjacent to an activating group) is 1. The molecule has 8 heteroatoms. The van der Waals surface area contributed by atoms with Crippen molar-refractivity contribution in [3.8, 4) is 0 Å². The first kappa shape index (κ1) is 23.7. The number of piperazine rings is 1. The third-order valence-electron chi connectivity index (χ3n) is 6.79. The highest BCUT2D eigenvalue weighted by Crippen LogP contribution is 2.27. The van der Waals surface area contributed by atoms with Crippen LogP contribution in [0.5, 0.6) is 0 Å². The number of hydrogen-bond donors (Lipinski definition) is 1. The Morgan fingerprint density at radius 1 is 0.909 bits per heavy atom. The minimum atomic E-state index is -3.52. The monoisotopic (exact) mass is 470 g/mol. The molecule has 0 aromatic heterocycles. The van der Waals surface area contributed by atoms with Gasteiger partial charge in [0, 0.05) is 56.6 Å². The second-order valence-corrected chi connectivity index (χ2v) is 11.2. The van der Waals surface area contributed by atoms with E-state index in [-0.39, 0.29) is 11.8 Å². The fourth-order valence-corrected chi connectivity index (χ4v) is 6.07. The Morgan fingerprint density at radius 3 is 2.15 bits per heavy atom. The molecule has 2 saturated heterocycles. The number of nitrogens with zero attached hydrogens (tertiary/aromatic N) is 3. The zero-order valence-electron chi connectivity index (χ0n) is 19.8. The highest BCUT2D eigenvalue weighted by molar-refractivity contribution is 7.89. The molecule has 1 N–H and O–H groups in total. The van der Waals surface area contributed by atoms with Crippen LogP contribution in [0.25, 0.3) is 0 Å². The van der Waals surface area contributed by atoms with E-state index in [1.165, 1.54) is 9.99 Å². The summed E-state index contributed by atoms with van der Waals surface area (Å²) in [7, 11) is -1.37. The van der Waals surface area contributed by atoms with Crippen LogP contribution in [0.2, 0.25) is 0 Å². The van der Waals surface area contributed by atoms with Gasteiger partial charge in [-0.1, -0.05) is 17.7 Å². The van der Waals surface area contributed by atoms with Crippen molar-refractivity contribution in [3.63, 3.8) is 0 Å². The summed E-state index contributed by atoms with van der Waals surface area (Å²) in [6, 6.07) is 13.0. The van der Waals surface area contributed by atoms with Gasteiger partial charge >= 0.3 is 0 Å². The molecule has 0 spiro atoms. The highest BCUT2D eigenvalue weighted by Gasteiger charge is 2.32. The van der Waals surface area contributed by atoms with Crippen molar-refractivity contribution in [1.82, 2.24) is 9.21 Å². The zero-order chi connectivity index (χ0) is 23.6. The van der Waals surface area contributed by atoms with Crippen molar-refractivity contribution in [2.45, 2.75) is 31.6 Å². The highest BCUT2D eigenvalue weighted by atomic mass is 32.2. The lowest BCUT2D eigenvalue weighted by atomic mass is 9.97. The molecule has 0 radical (unpaired) electrons. The van der Waals surface area contributed by atoms with E-state index in [1.807, 2.05) is 31.2 Å². The third-order valence-corrected chi connectivity index (χ3v) is 8.70. The minimum Gasteiger partial charge on any atom is -0.369 e. The normalized spacial score (nSPS) is 18.9. The average molecular weight is 471 g/mol. The maximum Gasteiger partial charge on any atom is 0.243 e. The van der Waals surface area contributed by atoms with Crippen molar-refractivity contribution >= 4 is 27.3 Å². The Balaban J connectivity index is 1.34. The maximum absolute atomic E-state index is 12.9. The number of amides is 1. The maximum atomic E-state index is 12.9. The molecule has 2 aromatic rings. The molecule has 1 amide bonds. The van der Waals surface area contributed by atoms with E-state index in [9.17, 15) is 13.2 Å². The number of piperidine rings is 1. The van der Waals surface area contributed by atoms with Gasteiger partial charge in [-0.05, 0) is 69.6 Å². The summed E-state index contributed by atoms with van der Waals surface area (Å²) in [5.41, 5.74) is 4.19. The van der Waals surface area contributed by atoms with E-state index in [4.69, 9.17) is 0 Å². The molecule has 2 aliphatic rings. The molecular formula is C25H34N4O3S. The Morgan fingerprint density at radius 2 is 1.55 bits per heavy atom. The Hall–Kier alpha value is -2.42. The SMILES string of the molecule is Cc1ccc(S(=O)(=O)N2CCC(C(=O)Nc3ccc(N4CCN(C)CC4)c(C)c3)CC2)cc1. The molecule has 2 aromatic carbocycles. The van der Waals surface area contributed by atoms with Gasteiger partial charge in [0.1, 0.15) is 0 Å². The Bertz CT molecular complexity index is 1090. The first-order valence-corrected chi connectivity index (χ1v) is 13.1. The fraction of sp³-hybridized carbons (Fsp3) is 0.480. The molecule has 33 heavy (non-hydrogen) atoms. The van der Waals surface area contributed by atoms with Gasteiger partial charge in [-0.3, -0.25) is 4.79 Å². The van der Waals surface area contributed by atoms with Gasteiger partial charge in [0.05, 0.1) is 4.90 Å². The second kappa shape index (κ2) is 9.83. The van der Waals surface area contributed by atoms with Crippen LogP contribution in [0, 0.1) is 19.8 Å². The number of nitrogens with one attached hydrogen (secondary N) is 1. The van der Waals surface area contributed by atoms with E-state index in [2.05, 4.69) is 35.2 Å². The lowest BCUT2D eigenvalue weighted by molar-refractivity contribution is -0.120. The third kappa shape index (κ3) is 5.39. The fourth-order valence-electron chi connectivity index (χ4n) is 4.60. The minimum absolute atomic E-state index is 0.0332. The molecule has 0 atom stereocenters. The number of benzene rings is 2. The molecule has 178 valence electrons. The summed E-state index contributed by atoms with van der Waals surface area (Å²) >= 11 is 0. The summed E-state index contributed by atoms with van der Waals surface area (Å²) in [6.45, 7) is 8.85. The number of carbonyl (C=O) groups excluding carboxylic acids is 1. The molecular weight excluding hydrogens is 436 g/mol.